The number of anilines is 3. The van der Waals surface area contributed by atoms with E-state index < -0.39 is 77.5 Å². The maximum atomic E-state index is 12.3. The third-order valence-corrected chi connectivity index (χ3v) is 19.3. The molecule has 0 aliphatic carbocycles. The van der Waals surface area contributed by atoms with E-state index in [0.717, 1.165) is 34.4 Å². The van der Waals surface area contributed by atoms with E-state index in [1.54, 1.807) is 225 Å². The van der Waals surface area contributed by atoms with Crippen LogP contribution in [0.3, 0.4) is 0 Å². The number of rotatable bonds is 26. The van der Waals surface area contributed by atoms with E-state index in [2.05, 4.69) is 67.1 Å². The number of methoxy groups -OCH3 is 6. The number of β-lactam (4-membered cyclic amide) rings is 5. The number of nitrogens with zero attached hydrogens (tertiary/aromatic N) is 4. The van der Waals surface area contributed by atoms with Crippen molar-refractivity contribution in [2.45, 2.75) is 151 Å². The minimum Gasteiger partial charge on any atom is -0.870 e. The summed E-state index contributed by atoms with van der Waals surface area (Å²) in [6, 6.07) is 51.5. The Labute approximate surface area is 859 Å². The summed E-state index contributed by atoms with van der Waals surface area (Å²) in [5, 5.41) is 16.2. The third kappa shape index (κ3) is 39.3. The van der Waals surface area contributed by atoms with Crippen molar-refractivity contribution in [3.8, 4) is 23.0 Å². The summed E-state index contributed by atoms with van der Waals surface area (Å²) < 4.78 is 90.5. The Morgan fingerprint density at radius 3 is 1.08 bits per heavy atom. The van der Waals surface area contributed by atoms with Gasteiger partial charge in [-0.25, -0.2) is 0 Å². The van der Waals surface area contributed by atoms with Gasteiger partial charge in [0.05, 0.1) is 97.1 Å². The van der Waals surface area contributed by atoms with Gasteiger partial charge in [0.1, 0.15) is 87.8 Å². The molecule has 0 unspecified atom stereocenters. The van der Waals surface area contributed by atoms with Crippen molar-refractivity contribution >= 4 is 106 Å². The van der Waals surface area contributed by atoms with Crippen LogP contribution in [-0.2, 0) is 81.1 Å². The van der Waals surface area contributed by atoms with Gasteiger partial charge in [-0.1, -0.05) is 42.2 Å². The van der Waals surface area contributed by atoms with Crippen LogP contribution in [0.2, 0.25) is 0 Å². The number of ether oxygens (including phenoxy) is 11. The topological polar surface area (TPSA) is 516 Å². The molecule has 4 aromatic carbocycles. The van der Waals surface area contributed by atoms with Crippen molar-refractivity contribution in [2.24, 2.45) is 4.99 Å². The van der Waals surface area contributed by atoms with Crippen LogP contribution in [0.4, 0.5) is 22.7 Å². The van der Waals surface area contributed by atoms with Crippen LogP contribution in [0.1, 0.15) is 159 Å². The average molecular weight is 1990 g/mol. The minimum atomic E-state index is -0.943. The summed E-state index contributed by atoms with van der Waals surface area (Å²) >= 11 is 4.81. The second-order valence-corrected chi connectivity index (χ2v) is 29.4. The smallest absolute Gasteiger partial charge is 0.870 e. The van der Waals surface area contributed by atoms with Gasteiger partial charge in [-0.2, -0.15) is 0 Å². The first kappa shape index (κ1) is 122. The fourth-order valence-corrected chi connectivity index (χ4v) is 12.0. The van der Waals surface area contributed by atoms with E-state index in [1.807, 2.05) is 48.5 Å². The van der Waals surface area contributed by atoms with Gasteiger partial charge in [0.25, 0.3) is 34.8 Å². The number of benzene rings is 4. The van der Waals surface area contributed by atoms with E-state index in [9.17, 15) is 52.7 Å². The molecule has 0 saturated carbocycles. The molecule has 140 heavy (non-hydrogen) atoms. The summed E-state index contributed by atoms with van der Waals surface area (Å²) in [5.74, 6) is 3.87. The predicted octanol–water partition coefficient (Wildman–Crippen LogP) is 12.4. The van der Waals surface area contributed by atoms with Crippen LogP contribution in [0.15, 0.2) is 274 Å². The Morgan fingerprint density at radius 2 is 0.807 bits per heavy atom. The van der Waals surface area contributed by atoms with Crippen molar-refractivity contribution in [3.05, 3.63) is 278 Å². The van der Waals surface area contributed by atoms with Gasteiger partial charge in [0, 0.05) is 51.9 Å². The van der Waals surface area contributed by atoms with Gasteiger partial charge >= 0.3 is 75.3 Å². The molecule has 41 heteroatoms. The zero-order valence-electron chi connectivity index (χ0n) is 79.3. The normalized spacial score (nSPS) is 17.5. The van der Waals surface area contributed by atoms with Gasteiger partial charge in [-0.15, -0.1) is 0 Å². The number of esters is 4. The van der Waals surface area contributed by atoms with Crippen LogP contribution in [0, 0.1) is 0 Å². The van der Waals surface area contributed by atoms with E-state index >= 15 is 0 Å². The number of aldehydes is 1. The molecule has 16 rings (SSSR count). The molecule has 5 fully saturated rings. The number of nitrogens with two attached hydrogens (primary N) is 1. The monoisotopic (exact) mass is 1990 g/mol. The molecule has 11 aromatic rings. The van der Waals surface area contributed by atoms with Crippen molar-refractivity contribution in [1.29, 1.82) is 0 Å². The first-order valence-electron chi connectivity index (χ1n) is 41.9. The Kier molecular flexibility index (Phi) is 55.7. The second kappa shape index (κ2) is 63.8. The number of aliphatic hydroxyl groups is 1. The number of allylic oxidation sites excluding steroid dienone is 1. The number of furan rings is 7. The van der Waals surface area contributed by atoms with E-state index in [1.165, 1.54) is 78.6 Å². The van der Waals surface area contributed by atoms with E-state index in [-0.39, 0.29) is 126 Å². The van der Waals surface area contributed by atoms with E-state index in [4.69, 9.17) is 91.6 Å². The fraction of sp³-hybridized carbons (Fsp3) is 0.333. The maximum Gasteiger partial charge on any atom is 1.00 e. The first-order chi connectivity index (χ1) is 65.1. The molecule has 0 bridgehead atoms. The molecular weight excluding hydrogens is 1870 g/mol. The average Bonchev–Trinajstić information content (AvgIpc) is 1.15. The molecule has 5 amide bonds. The number of aliphatic hydroxyl groups excluding tert-OH is 1. The largest absolute Gasteiger partial charge is 1.00 e. The Bertz CT molecular complexity index is 5310. The molecule has 752 valence electrons. The molecular formula is C99H122ClKN8O31. The molecule has 12 heterocycles. The van der Waals surface area contributed by atoms with Gasteiger partial charge in [-0.05, 0) is 234 Å². The number of aliphatic imine (C=N–C) groups is 1. The molecule has 10 atom stereocenters. The summed E-state index contributed by atoms with van der Waals surface area (Å²) in [6.45, 7) is 23.6. The SMILES string of the molecule is C.C.C=C(C)OC.CC(=O)OCC(=O)Cl.CC(=O)O[C@H]1C(=O)N[C@H]1c1ccco1.CCN(CC)CC.COC(C)(C)O[C@H]1C(=O)N[C@H]1c1ccco1.COc1ccc(N)cc1.COc1ccc(N2C(=O)[C@H](OC(C)=O)[C@@H]2c2ccco2)cc1.COc1ccc(N2C(=O)[C@H](OC(C)=O)[C@@H]2c2ccco2)cc1.COc1ccc(N=Cc2ccco2)cc1.O=C1N[C@@H](c2ccco2)[C@H]1O.O=Cc1ccco1.[K+].[OH-]. The Morgan fingerprint density at radius 1 is 0.479 bits per heavy atom. The molecule has 7 aromatic heterocycles. The number of carbonyl (C=O) groups excluding carboxylic acids is 11. The molecule has 0 radical (unpaired) electrons. The summed E-state index contributed by atoms with van der Waals surface area (Å²) in [4.78, 5) is 130. The third-order valence-electron chi connectivity index (χ3n) is 19.2. The number of hydrogen-bond acceptors (Lipinski definition) is 34. The van der Waals surface area contributed by atoms with Crippen molar-refractivity contribution < 1.29 is 198 Å². The summed E-state index contributed by atoms with van der Waals surface area (Å²) in [7, 11) is 9.56. The van der Waals surface area contributed by atoms with Crippen LogP contribution < -0.4 is 102 Å². The standard InChI is InChI=1S/2C16H15NO5.C12H11NO2.C11H15NO4.C9H9NO4.C7H7NO3.C7H9NO.C6H15N.C5H4O2.C4H5ClO3.C4H8O.2CH4.K.H2O/c2*1-10(18)22-15-14(13-4-3-9-21-13)17(16(15)19)11-5-7-12(20-2)8-6-11;1-14-11-6-4-10(5-7-11)13-9-12-3-2-8-15-12;1-11(2,14-3)16-9-8(12-10(9)13)7-5-4-6-15-7;1-5(11)14-8-7(10-9(8)12)6-3-2-4-13-6;9-6-5(8-7(6)10)4-2-1-3-11-4;1-9-7-4-2-6(8)3-5-7;1-4-7(5-2)6-3;6-4-5-2-1-3-7-5;1-3(6)8-2-4(5)7;1-4(2)5-3;;;;/h2*3-9,14-15H,1-2H3;2-9H,1H3;4-6,8-9H,1-3H3,(H,12,13);2-4,7-8H,1H3,(H,10,12);1-3,5-6,9H,(H,8,10);2-5H,8H2,1H3;4-6H2,1-3H3;1-4H;2H2,1H3;1H2,2-3H3;2*1H4;;1H2/q;;;;;;;;;;;;;+1;/p-1/t2*14-,15+;;8-,9+;7-,8+;5-,6+;;;;;;;;;/m00.000........./s1. The van der Waals surface area contributed by atoms with Crippen molar-refractivity contribution in [1.82, 2.24) is 20.9 Å². The first-order valence-corrected chi connectivity index (χ1v) is 42.3. The minimum absolute atomic E-state index is 0. The van der Waals surface area contributed by atoms with Gasteiger partial charge < -0.3 is 120 Å². The number of carbonyl (C=O) groups is 11. The molecule has 7 N–H and O–H groups in total. The number of halogens is 1. The Balaban J connectivity index is 0.000000533. The number of nitrogen functional groups attached to an aromatic ring is 1. The van der Waals surface area contributed by atoms with Crippen LogP contribution in [-0.4, -0.2) is 192 Å². The molecule has 0 spiro atoms. The van der Waals surface area contributed by atoms with Gasteiger partial charge in [-0.3, -0.25) is 67.5 Å². The van der Waals surface area contributed by atoms with Crippen molar-refractivity contribution in [2.75, 3.05) is 84.4 Å². The predicted molar refractivity (Wildman–Crippen MR) is 510 cm³/mol. The van der Waals surface area contributed by atoms with E-state index in [0.29, 0.717) is 63.7 Å². The van der Waals surface area contributed by atoms with Crippen molar-refractivity contribution in [3.63, 3.8) is 0 Å². The van der Waals surface area contributed by atoms with Crippen LogP contribution >= 0.6 is 11.6 Å². The summed E-state index contributed by atoms with van der Waals surface area (Å²) in [6.07, 6.45) is 9.10. The molecule has 5 aliphatic rings. The fourth-order valence-electron chi connectivity index (χ4n) is 12.0. The number of nitrogens with one attached hydrogen (secondary N) is 3. The molecule has 39 nitrogen and oxygen atoms in total. The quantitative estimate of drug-likeness (QED) is 0.00321. The van der Waals surface area contributed by atoms with Gasteiger partial charge in [0.2, 0.25) is 18.3 Å². The van der Waals surface area contributed by atoms with Crippen LogP contribution in [0.5, 0.6) is 23.0 Å². The molecule has 5 saturated heterocycles. The number of amides is 5. The number of hydrogen-bond donors (Lipinski definition) is 5. The maximum absolute atomic E-state index is 12.3. The molecule has 5 aliphatic heterocycles. The summed E-state index contributed by atoms with van der Waals surface area (Å²) in [5.41, 5.74) is 8.43. The zero-order chi connectivity index (χ0) is 100.0. The zero-order valence-corrected chi connectivity index (χ0v) is 83.2. The van der Waals surface area contributed by atoms with Gasteiger partial charge in [0.15, 0.2) is 36.6 Å². The Hall–Kier alpha value is -13.7. The van der Waals surface area contributed by atoms with Crippen LogP contribution in [0.25, 0.3) is 0 Å². The second-order valence-electron chi connectivity index (χ2n) is 29.0.